The summed E-state index contributed by atoms with van der Waals surface area (Å²) in [5.74, 6) is 0.298. The predicted molar refractivity (Wildman–Crippen MR) is 72.9 cm³/mol. The smallest absolute Gasteiger partial charge is 0.243 e. The molecule has 0 spiro atoms. The van der Waals surface area contributed by atoms with Crippen LogP contribution in [0, 0.1) is 5.92 Å². The highest BCUT2D eigenvalue weighted by molar-refractivity contribution is 9.10. The van der Waals surface area contributed by atoms with Gasteiger partial charge in [-0.05, 0) is 40.4 Å². The van der Waals surface area contributed by atoms with E-state index in [0.29, 0.717) is 28.4 Å². The van der Waals surface area contributed by atoms with Crippen molar-refractivity contribution in [2.45, 2.75) is 11.3 Å². The molecule has 1 heterocycles. The predicted octanol–water partition coefficient (Wildman–Crippen LogP) is 2.11. The summed E-state index contributed by atoms with van der Waals surface area (Å²) in [4.78, 5) is 0.311. The summed E-state index contributed by atoms with van der Waals surface area (Å²) < 4.78 is 32.1. The lowest BCUT2D eigenvalue weighted by atomic mass is 10.1. The van der Waals surface area contributed by atoms with E-state index < -0.39 is 10.0 Å². The lowest BCUT2D eigenvalue weighted by Crippen LogP contribution is -2.32. The molecule has 1 aromatic carbocycles. The molecule has 1 aliphatic rings. The summed E-state index contributed by atoms with van der Waals surface area (Å²) in [6.45, 7) is 1.88. The van der Waals surface area contributed by atoms with E-state index >= 15 is 0 Å². The van der Waals surface area contributed by atoms with Crippen LogP contribution in [0.4, 0.5) is 0 Å². The Labute approximate surface area is 116 Å². The lowest BCUT2D eigenvalue weighted by Gasteiger charge is -2.20. The Morgan fingerprint density at radius 2 is 2.17 bits per heavy atom. The molecule has 0 radical (unpaired) electrons. The topological polar surface area (TPSA) is 46.6 Å². The van der Waals surface area contributed by atoms with Crippen molar-refractivity contribution in [3.05, 3.63) is 28.7 Å². The third-order valence-electron chi connectivity index (χ3n) is 3.06. The van der Waals surface area contributed by atoms with Gasteiger partial charge in [-0.25, -0.2) is 12.7 Å². The molecular weight excluding hydrogens is 318 g/mol. The fourth-order valence-corrected chi connectivity index (χ4v) is 4.22. The number of ether oxygens (including phenoxy) is 1. The zero-order valence-electron chi connectivity index (χ0n) is 10.2. The molecule has 18 heavy (non-hydrogen) atoms. The molecule has 0 aliphatic carbocycles. The average molecular weight is 334 g/mol. The Kier molecular flexibility index (Phi) is 4.42. The quantitative estimate of drug-likeness (QED) is 0.847. The number of halogens is 1. The second-order valence-corrected chi connectivity index (χ2v) is 7.31. The first kappa shape index (κ1) is 14.0. The van der Waals surface area contributed by atoms with E-state index in [1.807, 2.05) is 0 Å². The van der Waals surface area contributed by atoms with Gasteiger partial charge in [0, 0.05) is 24.7 Å². The maximum absolute atomic E-state index is 12.4. The third-order valence-corrected chi connectivity index (χ3v) is 5.90. The molecule has 0 saturated carbocycles. The molecule has 2 rings (SSSR count). The molecule has 0 N–H and O–H groups in total. The van der Waals surface area contributed by atoms with Crippen LogP contribution in [-0.2, 0) is 14.8 Å². The Balaban J connectivity index is 2.17. The molecule has 1 aliphatic heterocycles. The normalized spacial score (nSPS) is 20.5. The maximum atomic E-state index is 12.4. The van der Waals surface area contributed by atoms with Gasteiger partial charge in [-0.3, -0.25) is 0 Å². The van der Waals surface area contributed by atoms with Gasteiger partial charge >= 0.3 is 0 Å². The van der Waals surface area contributed by atoms with Gasteiger partial charge in [0.05, 0.1) is 11.5 Å². The van der Waals surface area contributed by atoms with Crippen molar-refractivity contribution in [2.24, 2.45) is 5.92 Å². The first-order valence-corrected chi connectivity index (χ1v) is 8.03. The third kappa shape index (κ3) is 2.93. The van der Waals surface area contributed by atoms with Gasteiger partial charge in [-0.1, -0.05) is 12.1 Å². The van der Waals surface area contributed by atoms with Crippen LogP contribution in [0.5, 0.6) is 0 Å². The van der Waals surface area contributed by atoms with E-state index in [-0.39, 0.29) is 0 Å². The second-order valence-electron chi connectivity index (χ2n) is 4.45. The molecule has 6 heteroatoms. The van der Waals surface area contributed by atoms with Crippen LogP contribution in [0.3, 0.4) is 0 Å². The summed E-state index contributed by atoms with van der Waals surface area (Å²) in [6, 6.07) is 6.87. The van der Waals surface area contributed by atoms with Crippen LogP contribution in [0.25, 0.3) is 0 Å². The van der Waals surface area contributed by atoms with Crippen molar-refractivity contribution >= 4 is 26.0 Å². The van der Waals surface area contributed by atoms with Crippen LogP contribution in [0.15, 0.2) is 33.6 Å². The van der Waals surface area contributed by atoms with E-state index in [2.05, 4.69) is 15.9 Å². The number of benzene rings is 1. The Morgan fingerprint density at radius 1 is 1.44 bits per heavy atom. The van der Waals surface area contributed by atoms with E-state index in [4.69, 9.17) is 4.74 Å². The molecule has 1 aromatic rings. The van der Waals surface area contributed by atoms with Crippen molar-refractivity contribution in [1.29, 1.82) is 0 Å². The highest BCUT2D eigenvalue weighted by Gasteiger charge is 2.27. The molecule has 0 amide bonds. The van der Waals surface area contributed by atoms with Crippen LogP contribution < -0.4 is 0 Å². The number of sulfonamides is 1. The minimum atomic E-state index is -3.43. The highest BCUT2D eigenvalue weighted by atomic mass is 79.9. The van der Waals surface area contributed by atoms with Crippen molar-refractivity contribution < 1.29 is 13.2 Å². The van der Waals surface area contributed by atoms with Crippen LogP contribution >= 0.6 is 15.9 Å². The molecule has 0 aromatic heterocycles. The lowest BCUT2D eigenvalue weighted by molar-refractivity contribution is 0.182. The number of rotatable bonds is 4. The van der Waals surface area contributed by atoms with Gasteiger partial charge in [0.2, 0.25) is 10.0 Å². The molecule has 100 valence electrons. The fourth-order valence-electron chi connectivity index (χ4n) is 2.01. The largest absolute Gasteiger partial charge is 0.381 e. The molecule has 1 unspecified atom stereocenters. The minimum absolute atomic E-state index is 0.298. The SMILES string of the molecule is CN(CC1CCOC1)S(=O)(=O)c1ccccc1Br. The summed E-state index contributed by atoms with van der Waals surface area (Å²) in [5.41, 5.74) is 0. The standard InChI is InChI=1S/C12H16BrNO3S/c1-14(8-10-6-7-17-9-10)18(15,16)12-5-3-2-4-11(12)13/h2-5,10H,6-9H2,1H3. The molecule has 1 atom stereocenters. The summed E-state index contributed by atoms with van der Waals surface area (Å²) in [6.07, 6.45) is 0.926. The zero-order valence-corrected chi connectivity index (χ0v) is 12.6. The maximum Gasteiger partial charge on any atom is 0.243 e. The molecular formula is C12H16BrNO3S. The summed E-state index contributed by atoms with van der Waals surface area (Å²) in [7, 11) is -1.81. The van der Waals surface area contributed by atoms with Gasteiger partial charge in [-0.15, -0.1) is 0 Å². The summed E-state index contributed by atoms with van der Waals surface area (Å²) >= 11 is 3.28. The fraction of sp³-hybridized carbons (Fsp3) is 0.500. The van der Waals surface area contributed by atoms with Crippen LogP contribution in [0.1, 0.15) is 6.42 Å². The number of nitrogens with zero attached hydrogens (tertiary/aromatic N) is 1. The van der Waals surface area contributed by atoms with E-state index in [0.717, 1.165) is 13.0 Å². The Bertz CT molecular complexity index is 512. The van der Waals surface area contributed by atoms with Gasteiger partial charge in [0.25, 0.3) is 0 Å². The number of hydrogen-bond donors (Lipinski definition) is 0. The van der Waals surface area contributed by atoms with Gasteiger partial charge in [0.1, 0.15) is 0 Å². The Morgan fingerprint density at radius 3 is 2.78 bits per heavy atom. The Hall–Kier alpha value is -0.430. The van der Waals surface area contributed by atoms with Crippen molar-refractivity contribution in [3.8, 4) is 0 Å². The van der Waals surface area contributed by atoms with E-state index in [1.165, 1.54) is 4.31 Å². The molecule has 4 nitrogen and oxygen atoms in total. The second kappa shape index (κ2) is 5.69. The zero-order chi connectivity index (χ0) is 13.2. The number of hydrogen-bond acceptors (Lipinski definition) is 3. The molecule has 1 saturated heterocycles. The first-order valence-electron chi connectivity index (χ1n) is 5.80. The monoisotopic (exact) mass is 333 g/mol. The van der Waals surface area contributed by atoms with Gasteiger partial charge in [0.15, 0.2) is 0 Å². The van der Waals surface area contributed by atoms with Crippen molar-refractivity contribution in [2.75, 3.05) is 26.8 Å². The average Bonchev–Trinajstić information content (AvgIpc) is 2.82. The summed E-state index contributed by atoms with van der Waals surface area (Å²) in [5, 5.41) is 0. The minimum Gasteiger partial charge on any atom is -0.381 e. The van der Waals surface area contributed by atoms with Gasteiger partial charge in [-0.2, -0.15) is 0 Å². The van der Waals surface area contributed by atoms with Crippen molar-refractivity contribution in [3.63, 3.8) is 0 Å². The first-order chi connectivity index (χ1) is 8.51. The van der Waals surface area contributed by atoms with Crippen LogP contribution in [-0.4, -0.2) is 39.5 Å². The van der Waals surface area contributed by atoms with Gasteiger partial charge < -0.3 is 4.74 Å². The molecule has 0 bridgehead atoms. The highest BCUT2D eigenvalue weighted by Crippen LogP contribution is 2.25. The van der Waals surface area contributed by atoms with Crippen molar-refractivity contribution in [1.82, 2.24) is 4.31 Å². The van der Waals surface area contributed by atoms with E-state index in [9.17, 15) is 8.42 Å². The van der Waals surface area contributed by atoms with E-state index in [1.54, 1.807) is 31.3 Å². The van der Waals surface area contributed by atoms with Crippen LogP contribution in [0.2, 0.25) is 0 Å². The molecule has 1 fully saturated rings.